The summed E-state index contributed by atoms with van der Waals surface area (Å²) in [5.41, 5.74) is -0.116. The average molecular weight is 318 g/mol. The predicted octanol–water partition coefficient (Wildman–Crippen LogP) is 3.09. The van der Waals surface area contributed by atoms with Crippen LogP contribution in [-0.4, -0.2) is 40.1 Å². The molecular formula is C17H22N2O4. The second-order valence-corrected chi connectivity index (χ2v) is 6.92. The fourth-order valence-electron chi connectivity index (χ4n) is 2.29. The molecule has 0 unspecified atom stereocenters. The normalized spacial score (nSPS) is 14.3. The number of amides is 3. The van der Waals surface area contributed by atoms with Gasteiger partial charge in [-0.25, -0.2) is 9.80 Å². The van der Waals surface area contributed by atoms with Crippen LogP contribution in [-0.2, 0) is 4.74 Å². The maximum atomic E-state index is 12.6. The van der Waals surface area contributed by atoms with Crippen LogP contribution >= 0.6 is 0 Å². The molecule has 6 heteroatoms. The molecule has 1 aliphatic heterocycles. The Morgan fingerprint density at radius 3 is 2.00 bits per heavy atom. The molecule has 3 amide bonds. The van der Waals surface area contributed by atoms with E-state index in [4.69, 9.17) is 4.74 Å². The van der Waals surface area contributed by atoms with Crippen molar-refractivity contribution >= 4 is 17.9 Å². The fourth-order valence-corrected chi connectivity index (χ4v) is 2.29. The second kappa shape index (κ2) is 6.02. The Balaban J connectivity index is 2.36. The molecule has 0 atom stereocenters. The van der Waals surface area contributed by atoms with Crippen LogP contribution < -0.4 is 0 Å². The molecule has 0 spiro atoms. The fraction of sp³-hybridized carbons (Fsp3) is 0.471. The monoisotopic (exact) mass is 318 g/mol. The number of carbonyl (C=O) groups excluding carboxylic acids is 3. The Labute approximate surface area is 136 Å². The van der Waals surface area contributed by atoms with E-state index in [2.05, 4.69) is 0 Å². The van der Waals surface area contributed by atoms with Crippen LogP contribution in [0.25, 0.3) is 0 Å². The van der Waals surface area contributed by atoms with E-state index in [1.54, 1.807) is 45.0 Å². The summed E-state index contributed by atoms with van der Waals surface area (Å²) in [6.07, 6.45) is -0.708. The van der Waals surface area contributed by atoms with Crippen molar-refractivity contribution in [2.45, 2.75) is 40.2 Å². The van der Waals surface area contributed by atoms with E-state index in [1.165, 1.54) is 0 Å². The van der Waals surface area contributed by atoms with E-state index < -0.39 is 23.5 Å². The number of ether oxygens (including phenoxy) is 1. The lowest BCUT2D eigenvalue weighted by Crippen LogP contribution is -2.52. The molecule has 1 aliphatic rings. The van der Waals surface area contributed by atoms with Crippen LogP contribution in [0.3, 0.4) is 0 Å². The van der Waals surface area contributed by atoms with Gasteiger partial charge in [0.15, 0.2) is 0 Å². The molecule has 0 bridgehead atoms. The van der Waals surface area contributed by atoms with Gasteiger partial charge < -0.3 is 4.74 Å². The second-order valence-electron chi connectivity index (χ2n) is 6.92. The molecule has 1 aromatic rings. The van der Waals surface area contributed by atoms with Crippen molar-refractivity contribution in [3.05, 3.63) is 35.4 Å². The summed E-state index contributed by atoms with van der Waals surface area (Å²) in [6, 6.07) is 6.54. The van der Waals surface area contributed by atoms with Gasteiger partial charge in [-0.1, -0.05) is 26.0 Å². The molecule has 6 nitrogen and oxygen atoms in total. The molecule has 0 saturated heterocycles. The Bertz CT molecular complexity index is 611. The lowest BCUT2D eigenvalue weighted by molar-refractivity contribution is -0.0322. The van der Waals surface area contributed by atoms with Crippen molar-refractivity contribution in [1.29, 1.82) is 0 Å². The predicted molar refractivity (Wildman–Crippen MR) is 84.7 cm³/mol. The number of fused-ring (bicyclic) bond motifs is 1. The van der Waals surface area contributed by atoms with Crippen LogP contribution in [0.2, 0.25) is 0 Å². The molecule has 0 radical (unpaired) electrons. The minimum absolute atomic E-state index is 0.0619. The number of hydrogen-bond donors (Lipinski definition) is 0. The zero-order valence-corrected chi connectivity index (χ0v) is 14.1. The van der Waals surface area contributed by atoms with E-state index in [1.807, 2.05) is 13.8 Å². The highest BCUT2D eigenvalue weighted by Gasteiger charge is 2.42. The molecule has 1 aromatic carbocycles. The molecule has 124 valence electrons. The average Bonchev–Trinajstić information content (AvgIpc) is 2.67. The number of rotatable bonds is 3. The van der Waals surface area contributed by atoms with Crippen molar-refractivity contribution in [2.75, 3.05) is 6.54 Å². The highest BCUT2D eigenvalue weighted by Crippen LogP contribution is 2.25. The lowest BCUT2D eigenvalue weighted by atomic mass is 10.1. The maximum absolute atomic E-state index is 12.6. The Morgan fingerprint density at radius 2 is 1.61 bits per heavy atom. The standard InChI is InChI=1S/C17H22N2O4/c1-11(2)10-18(16(22)23-17(3,4)5)19-14(20)12-8-6-7-9-13(12)15(19)21/h6-9,11H,10H2,1-5H3. The number of carbonyl (C=O) groups is 3. The van der Waals surface area contributed by atoms with Crippen molar-refractivity contribution in [3.8, 4) is 0 Å². The largest absolute Gasteiger partial charge is 0.442 e. The molecule has 23 heavy (non-hydrogen) atoms. The first-order chi connectivity index (χ1) is 10.6. The summed E-state index contributed by atoms with van der Waals surface area (Å²) in [6.45, 7) is 9.22. The van der Waals surface area contributed by atoms with Crippen LogP contribution in [0.1, 0.15) is 55.3 Å². The smallest absolute Gasteiger partial charge is 0.429 e. The van der Waals surface area contributed by atoms with Gasteiger partial charge in [0, 0.05) is 6.54 Å². The zero-order valence-electron chi connectivity index (χ0n) is 14.1. The molecule has 0 aliphatic carbocycles. The summed E-state index contributed by atoms with van der Waals surface area (Å²) < 4.78 is 5.35. The topological polar surface area (TPSA) is 66.9 Å². The first-order valence-electron chi connectivity index (χ1n) is 7.60. The van der Waals surface area contributed by atoms with Crippen molar-refractivity contribution in [1.82, 2.24) is 10.0 Å². The van der Waals surface area contributed by atoms with E-state index in [0.29, 0.717) is 11.1 Å². The van der Waals surface area contributed by atoms with Gasteiger partial charge in [-0.15, -0.1) is 0 Å². The van der Waals surface area contributed by atoms with Crippen LogP contribution in [0.4, 0.5) is 4.79 Å². The molecule has 2 rings (SSSR count). The van der Waals surface area contributed by atoms with E-state index >= 15 is 0 Å². The Kier molecular flexibility index (Phi) is 4.45. The molecular weight excluding hydrogens is 296 g/mol. The van der Waals surface area contributed by atoms with E-state index in [0.717, 1.165) is 10.0 Å². The number of hydrazine groups is 1. The zero-order chi connectivity index (χ0) is 17.4. The number of imide groups is 1. The van der Waals surface area contributed by atoms with Gasteiger partial charge in [0.25, 0.3) is 11.8 Å². The molecule has 0 saturated carbocycles. The maximum Gasteiger partial charge on any atom is 0.429 e. The van der Waals surface area contributed by atoms with Crippen LogP contribution in [0.5, 0.6) is 0 Å². The van der Waals surface area contributed by atoms with Crippen molar-refractivity contribution < 1.29 is 19.1 Å². The van der Waals surface area contributed by atoms with E-state index in [9.17, 15) is 14.4 Å². The molecule has 0 N–H and O–H groups in total. The van der Waals surface area contributed by atoms with Crippen molar-refractivity contribution in [2.24, 2.45) is 5.92 Å². The van der Waals surface area contributed by atoms with Gasteiger partial charge in [-0.3, -0.25) is 9.59 Å². The third-order valence-electron chi connectivity index (χ3n) is 3.16. The minimum Gasteiger partial charge on any atom is -0.442 e. The third-order valence-corrected chi connectivity index (χ3v) is 3.16. The van der Waals surface area contributed by atoms with Gasteiger partial charge in [-0.05, 0) is 38.8 Å². The Hall–Kier alpha value is -2.37. The highest BCUT2D eigenvalue weighted by molar-refractivity contribution is 6.21. The quantitative estimate of drug-likeness (QED) is 0.803. The minimum atomic E-state index is -0.717. The number of benzene rings is 1. The first-order valence-corrected chi connectivity index (χ1v) is 7.60. The van der Waals surface area contributed by atoms with Gasteiger partial charge >= 0.3 is 6.09 Å². The summed E-state index contributed by atoms with van der Waals surface area (Å²) in [5.74, 6) is -0.943. The third kappa shape index (κ3) is 3.52. The molecule has 1 heterocycles. The van der Waals surface area contributed by atoms with Gasteiger partial charge in [-0.2, -0.15) is 5.01 Å². The van der Waals surface area contributed by atoms with Gasteiger partial charge in [0.2, 0.25) is 0 Å². The van der Waals surface area contributed by atoms with Crippen LogP contribution in [0, 0.1) is 5.92 Å². The first kappa shape index (κ1) is 17.0. The summed E-state index contributed by atoms with van der Waals surface area (Å²) in [7, 11) is 0. The molecule has 0 aromatic heterocycles. The Morgan fingerprint density at radius 1 is 1.13 bits per heavy atom. The SMILES string of the molecule is CC(C)CN(C(=O)OC(C)(C)C)N1C(=O)c2ccccc2C1=O. The summed E-state index contributed by atoms with van der Waals surface area (Å²) >= 11 is 0. The van der Waals surface area contributed by atoms with Crippen molar-refractivity contribution in [3.63, 3.8) is 0 Å². The van der Waals surface area contributed by atoms with E-state index in [-0.39, 0.29) is 12.5 Å². The number of nitrogens with zero attached hydrogens (tertiary/aromatic N) is 2. The highest BCUT2D eigenvalue weighted by atomic mass is 16.6. The summed E-state index contributed by atoms with van der Waals surface area (Å²) in [5, 5.41) is 1.99. The summed E-state index contributed by atoms with van der Waals surface area (Å²) in [4.78, 5) is 37.6. The number of hydrogen-bond acceptors (Lipinski definition) is 4. The molecule has 0 fully saturated rings. The van der Waals surface area contributed by atoms with Crippen LogP contribution in [0.15, 0.2) is 24.3 Å². The van der Waals surface area contributed by atoms with Gasteiger partial charge in [0.1, 0.15) is 5.60 Å². The lowest BCUT2D eigenvalue weighted by Gasteiger charge is -2.33. The van der Waals surface area contributed by atoms with Gasteiger partial charge in [0.05, 0.1) is 11.1 Å².